The molecule has 0 bridgehead atoms. The number of non-ortho nitro benzene ring substituents is 1. The van der Waals surface area contributed by atoms with Gasteiger partial charge in [0.15, 0.2) is 11.5 Å². The molecule has 29 heavy (non-hydrogen) atoms. The maximum absolute atomic E-state index is 13.5. The number of esters is 1. The molecule has 2 aromatic carbocycles. The third kappa shape index (κ3) is 2.97. The van der Waals surface area contributed by atoms with E-state index in [9.17, 15) is 19.7 Å². The van der Waals surface area contributed by atoms with E-state index in [2.05, 4.69) is 10.5 Å². The molecule has 2 aliphatic rings. The SMILES string of the molecule is CCOC(=O)C1=NN[C@@]2(CCc3ccccc3C2=O)[C@H]1c1ccc([N+](=O)[O-])cc1. The first-order valence-electron chi connectivity index (χ1n) is 9.37. The first-order chi connectivity index (χ1) is 14.0. The van der Waals surface area contributed by atoms with Crippen molar-refractivity contribution >= 4 is 23.2 Å². The summed E-state index contributed by atoms with van der Waals surface area (Å²) in [5, 5.41) is 15.2. The van der Waals surface area contributed by atoms with E-state index in [1.165, 1.54) is 12.1 Å². The van der Waals surface area contributed by atoms with Crippen LogP contribution in [0.25, 0.3) is 0 Å². The lowest BCUT2D eigenvalue weighted by Gasteiger charge is -2.37. The molecule has 0 fully saturated rings. The molecule has 0 saturated carbocycles. The Kier molecular flexibility index (Phi) is 4.62. The van der Waals surface area contributed by atoms with Crippen LogP contribution in [0.15, 0.2) is 53.6 Å². The Hall–Kier alpha value is -3.55. The Morgan fingerprint density at radius 2 is 2.00 bits per heavy atom. The molecule has 0 aromatic heterocycles. The number of ether oxygens (including phenoxy) is 1. The number of nitrogens with one attached hydrogen (secondary N) is 1. The molecule has 1 spiro atoms. The summed E-state index contributed by atoms with van der Waals surface area (Å²) in [6.07, 6.45) is 1.08. The number of nitrogens with zero attached hydrogens (tertiary/aromatic N) is 2. The standard InChI is InChI=1S/C21H19N3O5/c1-2-29-20(26)18-17(14-7-9-15(10-8-14)24(27)28)21(23-22-18)12-11-13-5-3-4-6-16(13)19(21)25/h3-10,17,23H,2,11-12H2,1H3/t17-,21-/m0/s1. The lowest BCUT2D eigenvalue weighted by Crippen LogP contribution is -2.55. The van der Waals surface area contributed by atoms with Gasteiger partial charge in [-0.05, 0) is 30.9 Å². The lowest BCUT2D eigenvalue weighted by molar-refractivity contribution is -0.384. The summed E-state index contributed by atoms with van der Waals surface area (Å²) in [5.74, 6) is -1.46. The number of nitro groups is 1. The number of ketones is 1. The molecule has 0 unspecified atom stereocenters. The number of hydrogen-bond acceptors (Lipinski definition) is 7. The number of carbonyl (C=O) groups is 2. The molecule has 8 heteroatoms. The number of fused-ring (bicyclic) bond motifs is 1. The van der Waals surface area contributed by atoms with Gasteiger partial charge in [0, 0.05) is 17.7 Å². The first-order valence-corrected chi connectivity index (χ1v) is 9.37. The number of nitro benzene ring substituents is 1. The van der Waals surface area contributed by atoms with Crippen molar-refractivity contribution in [3.63, 3.8) is 0 Å². The predicted molar refractivity (Wildman–Crippen MR) is 105 cm³/mol. The number of benzene rings is 2. The Balaban J connectivity index is 1.81. The minimum atomic E-state index is -1.13. The van der Waals surface area contributed by atoms with Crippen molar-refractivity contribution in [2.75, 3.05) is 6.61 Å². The lowest BCUT2D eigenvalue weighted by atomic mass is 9.67. The molecular formula is C21H19N3O5. The van der Waals surface area contributed by atoms with Crippen molar-refractivity contribution in [1.29, 1.82) is 0 Å². The average molecular weight is 393 g/mol. The summed E-state index contributed by atoms with van der Waals surface area (Å²) in [4.78, 5) is 36.6. The Labute approximate surface area is 166 Å². The fraction of sp³-hybridized carbons (Fsp3) is 0.286. The highest BCUT2D eigenvalue weighted by Gasteiger charge is 2.56. The van der Waals surface area contributed by atoms with E-state index in [-0.39, 0.29) is 23.8 Å². The molecule has 0 amide bonds. The normalized spacial score (nSPS) is 22.6. The van der Waals surface area contributed by atoms with E-state index in [1.807, 2.05) is 12.1 Å². The van der Waals surface area contributed by atoms with Crippen LogP contribution in [-0.4, -0.2) is 34.5 Å². The van der Waals surface area contributed by atoms with Crippen LogP contribution in [0.3, 0.4) is 0 Å². The van der Waals surface area contributed by atoms with Gasteiger partial charge in [-0.3, -0.25) is 20.3 Å². The minimum Gasteiger partial charge on any atom is -0.461 e. The second kappa shape index (κ2) is 7.12. The minimum absolute atomic E-state index is 0.0660. The largest absolute Gasteiger partial charge is 0.461 e. The molecule has 8 nitrogen and oxygen atoms in total. The van der Waals surface area contributed by atoms with Crippen molar-refractivity contribution in [3.8, 4) is 0 Å². The van der Waals surface area contributed by atoms with Crippen LogP contribution in [0.1, 0.15) is 40.7 Å². The molecular weight excluding hydrogens is 374 g/mol. The fourth-order valence-electron chi connectivity index (χ4n) is 4.15. The monoisotopic (exact) mass is 393 g/mol. The van der Waals surface area contributed by atoms with E-state index in [0.717, 1.165) is 5.56 Å². The average Bonchev–Trinajstić information content (AvgIpc) is 3.11. The van der Waals surface area contributed by atoms with Gasteiger partial charge in [0.25, 0.3) is 5.69 Å². The Bertz CT molecular complexity index is 1030. The third-order valence-electron chi connectivity index (χ3n) is 5.52. The van der Waals surface area contributed by atoms with Gasteiger partial charge in [-0.15, -0.1) is 0 Å². The third-order valence-corrected chi connectivity index (χ3v) is 5.52. The Morgan fingerprint density at radius 1 is 1.28 bits per heavy atom. The quantitative estimate of drug-likeness (QED) is 0.486. The summed E-state index contributed by atoms with van der Waals surface area (Å²) >= 11 is 0. The molecule has 0 radical (unpaired) electrons. The van der Waals surface area contributed by atoms with Crippen molar-refractivity contribution in [2.45, 2.75) is 31.2 Å². The van der Waals surface area contributed by atoms with Crippen LogP contribution < -0.4 is 5.43 Å². The van der Waals surface area contributed by atoms with Crippen LogP contribution in [0.4, 0.5) is 5.69 Å². The first kappa shape index (κ1) is 18.8. The zero-order chi connectivity index (χ0) is 20.6. The van der Waals surface area contributed by atoms with Gasteiger partial charge in [0.2, 0.25) is 0 Å². The van der Waals surface area contributed by atoms with Crippen LogP contribution in [0.2, 0.25) is 0 Å². The summed E-state index contributed by atoms with van der Waals surface area (Å²) < 4.78 is 5.15. The number of hydrogen-bond donors (Lipinski definition) is 1. The molecule has 1 aliphatic heterocycles. The van der Waals surface area contributed by atoms with Gasteiger partial charge < -0.3 is 4.74 Å². The van der Waals surface area contributed by atoms with Crippen LogP contribution in [-0.2, 0) is 16.0 Å². The highest BCUT2D eigenvalue weighted by atomic mass is 16.6. The van der Waals surface area contributed by atoms with Gasteiger partial charge in [-0.2, -0.15) is 5.10 Å². The number of carbonyl (C=O) groups excluding carboxylic acids is 2. The molecule has 1 N–H and O–H groups in total. The van der Waals surface area contributed by atoms with Crippen LogP contribution >= 0.6 is 0 Å². The molecule has 0 saturated heterocycles. The van der Waals surface area contributed by atoms with Gasteiger partial charge >= 0.3 is 5.97 Å². The van der Waals surface area contributed by atoms with E-state index >= 15 is 0 Å². The molecule has 4 rings (SSSR count). The summed E-state index contributed by atoms with van der Waals surface area (Å²) in [6, 6.07) is 13.3. The van der Waals surface area contributed by atoms with E-state index < -0.39 is 22.3 Å². The maximum Gasteiger partial charge on any atom is 0.355 e. The topological polar surface area (TPSA) is 111 Å². The van der Waals surface area contributed by atoms with Crippen molar-refractivity contribution in [3.05, 3.63) is 75.3 Å². The van der Waals surface area contributed by atoms with E-state index in [1.54, 1.807) is 31.2 Å². The summed E-state index contributed by atoms with van der Waals surface area (Å²) in [5.41, 5.74) is 4.00. The number of hydrazone groups is 1. The molecule has 2 aromatic rings. The zero-order valence-corrected chi connectivity index (χ0v) is 15.8. The van der Waals surface area contributed by atoms with E-state index in [0.29, 0.717) is 24.0 Å². The molecule has 148 valence electrons. The second-order valence-electron chi connectivity index (χ2n) is 7.07. The van der Waals surface area contributed by atoms with Gasteiger partial charge in [-0.25, -0.2) is 4.79 Å². The van der Waals surface area contributed by atoms with Crippen LogP contribution in [0.5, 0.6) is 0 Å². The van der Waals surface area contributed by atoms with Crippen LogP contribution in [0, 0.1) is 10.1 Å². The highest BCUT2D eigenvalue weighted by Crippen LogP contribution is 2.43. The highest BCUT2D eigenvalue weighted by molar-refractivity contribution is 6.40. The Morgan fingerprint density at radius 3 is 2.69 bits per heavy atom. The second-order valence-corrected chi connectivity index (χ2v) is 7.07. The summed E-state index contributed by atoms with van der Waals surface area (Å²) in [7, 11) is 0. The molecule has 1 aliphatic carbocycles. The number of aryl methyl sites for hydroxylation is 1. The van der Waals surface area contributed by atoms with Gasteiger partial charge in [0.05, 0.1) is 17.4 Å². The van der Waals surface area contributed by atoms with Gasteiger partial charge in [0.1, 0.15) is 5.54 Å². The van der Waals surface area contributed by atoms with Crippen molar-refractivity contribution < 1.29 is 19.2 Å². The van der Waals surface area contributed by atoms with Crippen molar-refractivity contribution in [1.82, 2.24) is 5.43 Å². The fourth-order valence-corrected chi connectivity index (χ4v) is 4.15. The predicted octanol–water partition coefficient (Wildman–Crippen LogP) is 2.77. The number of rotatable bonds is 4. The maximum atomic E-state index is 13.5. The van der Waals surface area contributed by atoms with E-state index in [4.69, 9.17) is 4.74 Å². The van der Waals surface area contributed by atoms with Gasteiger partial charge in [-0.1, -0.05) is 36.4 Å². The zero-order valence-electron chi connectivity index (χ0n) is 15.8. The van der Waals surface area contributed by atoms with Crippen molar-refractivity contribution in [2.24, 2.45) is 5.10 Å². The number of Topliss-reactive ketones (excluding diaryl/α,β-unsaturated/α-hetero) is 1. The molecule has 1 heterocycles. The smallest absolute Gasteiger partial charge is 0.355 e. The molecule has 2 atom stereocenters. The summed E-state index contributed by atoms with van der Waals surface area (Å²) in [6.45, 7) is 1.87.